The molecule has 1 aromatic carbocycles. The zero-order valence-electron chi connectivity index (χ0n) is 11.8. The first-order valence-electron chi connectivity index (χ1n) is 7.31. The molecule has 1 fully saturated rings. The molecule has 0 radical (unpaired) electrons. The fourth-order valence-corrected chi connectivity index (χ4v) is 2.83. The molecule has 106 valence electrons. The molecule has 1 aliphatic rings. The third-order valence-electron chi connectivity index (χ3n) is 3.88. The summed E-state index contributed by atoms with van der Waals surface area (Å²) in [5.41, 5.74) is 2.48. The van der Waals surface area contributed by atoms with Gasteiger partial charge in [0.25, 0.3) is 0 Å². The highest BCUT2D eigenvalue weighted by atomic mass is 16.5. The van der Waals surface area contributed by atoms with Crippen LogP contribution in [0.2, 0.25) is 0 Å². The maximum Gasteiger partial charge on any atom is 0.0590 e. The number of aryl methyl sites for hydroxylation is 1. The average Bonchev–Trinajstić information content (AvgIpc) is 2.46. The van der Waals surface area contributed by atoms with Crippen LogP contribution >= 0.6 is 0 Å². The van der Waals surface area contributed by atoms with Gasteiger partial charge in [-0.15, -0.1) is 0 Å². The van der Waals surface area contributed by atoms with Crippen molar-refractivity contribution in [2.24, 2.45) is 0 Å². The van der Waals surface area contributed by atoms with Gasteiger partial charge in [-0.25, -0.2) is 0 Å². The molecule has 0 amide bonds. The van der Waals surface area contributed by atoms with E-state index in [0.29, 0.717) is 12.1 Å². The quantitative estimate of drug-likeness (QED) is 0.829. The predicted molar refractivity (Wildman–Crippen MR) is 78.5 cm³/mol. The number of aliphatic hydroxyl groups is 1. The number of benzene rings is 1. The van der Waals surface area contributed by atoms with Crippen LogP contribution in [0.4, 0.5) is 5.69 Å². The van der Waals surface area contributed by atoms with E-state index >= 15 is 0 Å². The van der Waals surface area contributed by atoms with E-state index in [2.05, 4.69) is 29.6 Å². The molecule has 2 rings (SSSR count). The molecule has 3 nitrogen and oxygen atoms in total. The highest BCUT2D eigenvalue weighted by Crippen LogP contribution is 2.24. The molecular weight excluding hydrogens is 238 g/mol. The second-order valence-electron chi connectivity index (χ2n) is 5.39. The molecule has 0 aliphatic heterocycles. The number of hydrogen-bond acceptors (Lipinski definition) is 3. The summed E-state index contributed by atoms with van der Waals surface area (Å²) in [6.07, 6.45) is 6.92. The molecule has 0 spiro atoms. The van der Waals surface area contributed by atoms with Crippen molar-refractivity contribution in [3.8, 4) is 0 Å². The average molecular weight is 263 g/mol. The van der Waals surface area contributed by atoms with Crippen LogP contribution in [0.25, 0.3) is 0 Å². The van der Waals surface area contributed by atoms with Crippen molar-refractivity contribution < 1.29 is 9.84 Å². The van der Waals surface area contributed by atoms with Gasteiger partial charge in [-0.1, -0.05) is 12.1 Å². The Morgan fingerprint density at radius 3 is 3.05 bits per heavy atom. The molecule has 19 heavy (non-hydrogen) atoms. The fourth-order valence-electron chi connectivity index (χ4n) is 2.83. The monoisotopic (exact) mass is 263 g/mol. The van der Waals surface area contributed by atoms with Gasteiger partial charge < -0.3 is 15.2 Å². The number of ether oxygens (including phenoxy) is 1. The first-order chi connectivity index (χ1) is 9.31. The topological polar surface area (TPSA) is 41.5 Å². The van der Waals surface area contributed by atoms with Gasteiger partial charge in [-0.3, -0.25) is 0 Å². The third-order valence-corrected chi connectivity index (χ3v) is 3.88. The van der Waals surface area contributed by atoms with Crippen LogP contribution in [-0.4, -0.2) is 31.0 Å². The van der Waals surface area contributed by atoms with Crippen LogP contribution in [0.5, 0.6) is 0 Å². The standard InChI is InChI=1S/C16H25NO2/c1-19-16-9-3-8-15(12-16)17-14-7-2-5-13(11-14)6-4-10-18/h2,5,7,11,15-18H,3-4,6,8-10,12H2,1H3. The van der Waals surface area contributed by atoms with Crippen molar-refractivity contribution in [3.63, 3.8) is 0 Å². The first-order valence-corrected chi connectivity index (χ1v) is 7.31. The molecule has 0 aromatic heterocycles. The summed E-state index contributed by atoms with van der Waals surface area (Å²) in [7, 11) is 1.81. The Balaban J connectivity index is 1.90. The molecule has 0 bridgehead atoms. The minimum atomic E-state index is 0.260. The fraction of sp³-hybridized carbons (Fsp3) is 0.625. The molecule has 1 aromatic rings. The van der Waals surface area contributed by atoms with Gasteiger partial charge in [0.05, 0.1) is 6.10 Å². The summed E-state index contributed by atoms with van der Waals surface area (Å²) in [5.74, 6) is 0. The lowest BCUT2D eigenvalue weighted by molar-refractivity contribution is 0.0669. The number of methoxy groups -OCH3 is 1. The molecule has 2 N–H and O–H groups in total. The SMILES string of the molecule is COC1CCCC(Nc2cccc(CCCO)c2)C1. The molecule has 3 heteroatoms. The maximum absolute atomic E-state index is 8.88. The molecule has 0 heterocycles. The van der Waals surface area contributed by atoms with Crippen molar-refractivity contribution in [1.29, 1.82) is 0 Å². The highest BCUT2D eigenvalue weighted by molar-refractivity contribution is 5.46. The minimum absolute atomic E-state index is 0.260. The van der Waals surface area contributed by atoms with E-state index in [1.165, 1.54) is 30.5 Å². The second-order valence-corrected chi connectivity index (χ2v) is 5.39. The Morgan fingerprint density at radius 1 is 1.37 bits per heavy atom. The molecular formula is C16H25NO2. The largest absolute Gasteiger partial charge is 0.396 e. The normalized spacial score (nSPS) is 23.3. The first kappa shape index (κ1) is 14.4. The lowest BCUT2D eigenvalue weighted by Gasteiger charge is -2.29. The number of hydrogen-bond donors (Lipinski definition) is 2. The second kappa shape index (κ2) is 7.51. The predicted octanol–water partition coefficient (Wildman–Crippen LogP) is 2.98. The van der Waals surface area contributed by atoms with E-state index in [1.54, 1.807) is 0 Å². The summed E-state index contributed by atoms with van der Waals surface area (Å²) in [6, 6.07) is 9.06. The lowest BCUT2D eigenvalue weighted by atomic mass is 9.92. The van der Waals surface area contributed by atoms with Crippen LogP contribution in [-0.2, 0) is 11.2 Å². The van der Waals surface area contributed by atoms with Crippen LogP contribution in [0.3, 0.4) is 0 Å². The van der Waals surface area contributed by atoms with E-state index in [4.69, 9.17) is 9.84 Å². The molecule has 2 atom stereocenters. The zero-order valence-corrected chi connectivity index (χ0v) is 11.8. The van der Waals surface area contributed by atoms with Gasteiger partial charge in [0, 0.05) is 25.4 Å². The Labute approximate surface area is 116 Å². The molecule has 1 saturated carbocycles. The van der Waals surface area contributed by atoms with E-state index in [0.717, 1.165) is 19.3 Å². The van der Waals surface area contributed by atoms with Gasteiger partial charge in [0.15, 0.2) is 0 Å². The summed E-state index contributed by atoms with van der Waals surface area (Å²) in [5, 5.41) is 12.5. The summed E-state index contributed by atoms with van der Waals surface area (Å²) in [6.45, 7) is 0.260. The third kappa shape index (κ3) is 4.51. The maximum atomic E-state index is 8.88. The minimum Gasteiger partial charge on any atom is -0.396 e. The molecule has 1 aliphatic carbocycles. The smallest absolute Gasteiger partial charge is 0.0590 e. The van der Waals surface area contributed by atoms with Gasteiger partial charge >= 0.3 is 0 Å². The van der Waals surface area contributed by atoms with E-state index in [9.17, 15) is 0 Å². The Kier molecular flexibility index (Phi) is 5.67. The number of anilines is 1. The van der Waals surface area contributed by atoms with Crippen molar-refractivity contribution in [2.45, 2.75) is 50.7 Å². The number of nitrogens with one attached hydrogen (secondary N) is 1. The van der Waals surface area contributed by atoms with Gasteiger partial charge in [-0.2, -0.15) is 0 Å². The number of aliphatic hydroxyl groups excluding tert-OH is 1. The van der Waals surface area contributed by atoms with Crippen LogP contribution in [0, 0.1) is 0 Å². The van der Waals surface area contributed by atoms with Gasteiger partial charge in [-0.05, 0) is 56.2 Å². The van der Waals surface area contributed by atoms with Gasteiger partial charge in [0.2, 0.25) is 0 Å². The van der Waals surface area contributed by atoms with Crippen molar-refractivity contribution >= 4 is 5.69 Å². The zero-order chi connectivity index (χ0) is 13.5. The summed E-state index contributed by atoms with van der Waals surface area (Å²) in [4.78, 5) is 0. The molecule has 0 saturated heterocycles. The molecule has 2 unspecified atom stereocenters. The van der Waals surface area contributed by atoms with Gasteiger partial charge in [0.1, 0.15) is 0 Å². The van der Waals surface area contributed by atoms with E-state index < -0.39 is 0 Å². The summed E-state index contributed by atoms with van der Waals surface area (Å²) >= 11 is 0. The Morgan fingerprint density at radius 2 is 2.26 bits per heavy atom. The Hall–Kier alpha value is -1.06. The van der Waals surface area contributed by atoms with Crippen LogP contribution < -0.4 is 5.32 Å². The van der Waals surface area contributed by atoms with Crippen LogP contribution in [0.15, 0.2) is 24.3 Å². The van der Waals surface area contributed by atoms with Crippen molar-refractivity contribution in [1.82, 2.24) is 0 Å². The lowest BCUT2D eigenvalue weighted by Crippen LogP contribution is -2.31. The highest BCUT2D eigenvalue weighted by Gasteiger charge is 2.21. The Bertz CT molecular complexity index is 381. The van der Waals surface area contributed by atoms with E-state index in [1.807, 2.05) is 7.11 Å². The van der Waals surface area contributed by atoms with Crippen molar-refractivity contribution in [2.75, 3.05) is 19.0 Å². The van der Waals surface area contributed by atoms with E-state index in [-0.39, 0.29) is 6.61 Å². The van der Waals surface area contributed by atoms with Crippen molar-refractivity contribution in [3.05, 3.63) is 29.8 Å². The number of rotatable bonds is 6. The summed E-state index contributed by atoms with van der Waals surface area (Å²) < 4.78 is 5.47. The van der Waals surface area contributed by atoms with Crippen LogP contribution in [0.1, 0.15) is 37.7 Å².